The van der Waals surface area contributed by atoms with E-state index in [0.29, 0.717) is 17.7 Å². The Bertz CT molecular complexity index is 995. The number of unbranched alkanes of at least 4 members (excludes halogenated alkanes) is 4. The topological polar surface area (TPSA) is 94.8 Å². The van der Waals surface area contributed by atoms with Crippen LogP contribution in [0.2, 0.25) is 0 Å². The van der Waals surface area contributed by atoms with Crippen molar-refractivity contribution in [1.82, 2.24) is 10.3 Å². The lowest BCUT2D eigenvalue weighted by Gasteiger charge is -2.14. The molecule has 3 rings (SSSR count). The minimum absolute atomic E-state index is 0.0497. The molecule has 1 unspecified atom stereocenters. The second-order valence-corrected chi connectivity index (χ2v) is 8.75. The number of hydrogen-bond donors (Lipinski definition) is 4. The molecular weight excluding hydrogens is 428 g/mol. The highest BCUT2D eigenvalue weighted by Gasteiger charge is 2.09. The smallest absolute Gasteiger partial charge is 0.121 e. The first-order chi connectivity index (χ1) is 16.7. The standard InChI is InChI=1S/C28H38N2O4/c31-21-24-19-23(13-15-27(24)32)28(33)20-29-16-6-1-2-7-17-34-18-8-5-10-25-14-12-22-9-3-4-11-26(22)30-25/h3-4,9,11-15,19,28-29,31-33H,1-2,5-8,10,16-18,20-21H2. The fourth-order valence-corrected chi connectivity index (χ4v) is 3.96. The van der Waals surface area contributed by atoms with Gasteiger partial charge in [0.2, 0.25) is 0 Å². The Balaban J connectivity index is 1.13. The third kappa shape index (κ3) is 8.69. The molecule has 6 heteroatoms. The SMILES string of the molecule is OCc1cc(C(O)CNCCCCCCOCCCCc2ccc3ccccc3n2)ccc1O. The number of hydrogen-bond acceptors (Lipinski definition) is 6. The van der Waals surface area contributed by atoms with Crippen LogP contribution in [0.25, 0.3) is 10.9 Å². The van der Waals surface area contributed by atoms with E-state index in [0.717, 1.165) is 75.9 Å². The fraction of sp³-hybridized carbons (Fsp3) is 0.464. The van der Waals surface area contributed by atoms with Crippen molar-refractivity contribution in [3.05, 3.63) is 71.4 Å². The molecule has 0 radical (unpaired) electrons. The zero-order chi connectivity index (χ0) is 24.0. The van der Waals surface area contributed by atoms with Crippen molar-refractivity contribution >= 4 is 10.9 Å². The van der Waals surface area contributed by atoms with Crippen molar-refractivity contribution < 1.29 is 20.1 Å². The molecule has 0 aliphatic heterocycles. The van der Waals surface area contributed by atoms with Crippen LogP contribution >= 0.6 is 0 Å². The van der Waals surface area contributed by atoms with E-state index >= 15 is 0 Å². The van der Waals surface area contributed by atoms with Crippen LogP contribution in [0.15, 0.2) is 54.6 Å². The number of para-hydroxylation sites is 1. The number of nitrogens with zero attached hydrogens (tertiary/aromatic N) is 1. The van der Waals surface area contributed by atoms with Crippen LogP contribution in [0, 0.1) is 0 Å². The van der Waals surface area contributed by atoms with Crippen molar-refractivity contribution in [2.45, 2.75) is 57.7 Å². The van der Waals surface area contributed by atoms with Gasteiger partial charge in [0.05, 0.1) is 18.2 Å². The van der Waals surface area contributed by atoms with Gasteiger partial charge in [-0.15, -0.1) is 0 Å². The fourth-order valence-electron chi connectivity index (χ4n) is 3.96. The van der Waals surface area contributed by atoms with Gasteiger partial charge in [0.1, 0.15) is 5.75 Å². The van der Waals surface area contributed by atoms with Gasteiger partial charge in [-0.3, -0.25) is 4.98 Å². The molecule has 2 aromatic carbocycles. The molecule has 4 N–H and O–H groups in total. The van der Waals surface area contributed by atoms with Crippen molar-refractivity contribution in [2.75, 3.05) is 26.3 Å². The molecule has 0 fully saturated rings. The third-order valence-electron chi connectivity index (χ3n) is 6.02. The van der Waals surface area contributed by atoms with Gasteiger partial charge in [-0.05, 0) is 68.5 Å². The molecule has 1 heterocycles. The Morgan fingerprint density at radius 1 is 0.882 bits per heavy atom. The van der Waals surface area contributed by atoms with E-state index in [1.807, 2.05) is 12.1 Å². The maximum absolute atomic E-state index is 10.3. The second-order valence-electron chi connectivity index (χ2n) is 8.75. The maximum Gasteiger partial charge on any atom is 0.121 e. The largest absolute Gasteiger partial charge is 0.508 e. The van der Waals surface area contributed by atoms with Gasteiger partial charge in [-0.25, -0.2) is 0 Å². The molecule has 0 spiro atoms. The van der Waals surface area contributed by atoms with Crippen LogP contribution in [0.4, 0.5) is 0 Å². The number of aromatic nitrogens is 1. The molecule has 184 valence electrons. The number of phenols is 1. The molecule has 34 heavy (non-hydrogen) atoms. The summed E-state index contributed by atoms with van der Waals surface area (Å²) in [5.74, 6) is 0.0497. The maximum atomic E-state index is 10.3. The third-order valence-corrected chi connectivity index (χ3v) is 6.02. The summed E-state index contributed by atoms with van der Waals surface area (Å²) in [7, 11) is 0. The quantitative estimate of drug-likeness (QED) is 0.230. The molecule has 0 aliphatic rings. The first kappa shape index (κ1) is 26.1. The molecular formula is C28H38N2O4. The number of aromatic hydroxyl groups is 1. The van der Waals surface area contributed by atoms with Gasteiger partial charge in [0, 0.05) is 36.4 Å². The summed E-state index contributed by atoms with van der Waals surface area (Å²) < 4.78 is 5.77. The molecule has 0 aliphatic carbocycles. The van der Waals surface area contributed by atoms with Crippen LogP contribution in [0.3, 0.4) is 0 Å². The minimum atomic E-state index is -0.656. The monoisotopic (exact) mass is 466 g/mol. The second kappa shape index (κ2) is 14.7. The van der Waals surface area contributed by atoms with E-state index < -0.39 is 6.10 Å². The first-order valence-electron chi connectivity index (χ1n) is 12.4. The summed E-state index contributed by atoms with van der Waals surface area (Å²) in [6, 6.07) is 17.3. The van der Waals surface area contributed by atoms with E-state index in [4.69, 9.17) is 9.72 Å². The van der Waals surface area contributed by atoms with Crippen molar-refractivity contribution in [1.29, 1.82) is 0 Å². The van der Waals surface area contributed by atoms with Crippen molar-refractivity contribution in [2.24, 2.45) is 0 Å². The van der Waals surface area contributed by atoms with E-state index in [-0.39, 0.29) is 12.4 Å². The summed E-state index contributed by atoms with van der Waals surface area (Å²) in [5, 5.41) is 33.5. The van der Waals surface area contributed by atoms with Gasteiger partial charge in [-0.1, -0.05) is 43.2 Å². The van der Waals surface area contributed by atoms with Crippen molar-refractivity contribution in [3.8, 4) is 5.75 Å². The summed E-state index contributed by atoms with van der Waals surface area (Å²) >= 11 is 0. The van der Waals surface area contributed by atoms with Crippen LogP contribution in [0.5, 0.6) is 5.75 Å². The molecule has 0 bridgehead atoms. The predicted molar refractivity (Wildman–Crippen MR) is 136 cm³/mol. The van der Waals surface area contributed by atoms with Gasteiger partial charge >= 0.3 is 0 Å². The van der Waals surface area contributed by atoms with Crippen LogP contribution < -0.4 is 5.32 Å². The Kier molecular flexibility index (Phi) is 11.3. The van der Waals surface area contributed by atoms with Gasteiger partial charge in [-0.2, -0.15) is 0 Å². The molecule has 3 aromatic rings. The molecule has 0 saturated heterocycles. The Morgan fingerprint density at radius 2 is 1.68 bits per heavy atom. The predicted octanol–water partition coefficient (Wildman–Crippen LogP) is 4.66. The number of benzene rings is 2. The van der Waals surface area contributed by atoms with Crippen LogP contribution in [-0.4, -0.2) is 46.6 Å². The number of aryl methyl sites for hydroxylation is 1. The van der Waals surface area contributed by atoms with Crippen LogP contribution in [-0.2, 0) is 17.8 Å². The lowest BCUT2D eigenvalue weighted by Crippen LogP contribution is -2.22. The van der Waals surface area contributed by atoms with Crippen LogP contribution in [0.1, 0.15) is 61.4 Å². The molecule has 1 aromatic heterocycles. The molecule has 6 nitrogen and oxygen atoms in total. The number of pyridine rings is 1. The first-order valence-corrected chi connectivity index (χ1v) is 12.4. The average Bonchev–Trinajstić information content (AvgIpc) is 2.86. The number of nitrogens with one attached hydrogen (secondary N) is 1. The Labute approximate surface area is 202 Å². The highest BCUT2D eigenvalue weighted by atomic mass is 16.5. The van der Waals surface area contributed by atoms with E-state index in [1.54, 1.807) is 12.1 Å². The summed E-state index contributed by atoms with van der Waals surface area (Å²) in [6.07, 6.45) is 6.89. The van der Waals surface area contributed by atoms with Gasteiger partial charge < -0.3 is 25.4 Å². The van der Waals surface area contributed by atoms with E-state index in [2.05, 4.69) is 29.6 Å². The van der Waals surface area contributed by atoms with Gasteiger partial charge in [0.25, 0.3) is 0 Å². The lowest BCUT2D eigenvalue weighted by molar-refractivity contribution is 0.126. The highest BCUT2D eigenvalue weighted by molar-refractivity contribution is 5.78. The average molecular weight is 467 g/mol. The van der Waals surface area contributed by atoms with Crippen molar-refractivity contribution in [3.63, 3.8) is 0 Å². The number of rotatable bonds is 16. The Morgan fingerprint density at radius 3 is 2.53 bits per heavy atom. The summed E-state index contributed by atoms with van der Waals surface area (Å²) in [6.45, 7) is 2.68. The minimum Gasteiger partial charge on any atom is -0.508 e. The number of fused-ring (bicyclic) bond motifs is 1. The number of ether oxygens (including phenoxy) is 1. The number of aliphatic hydroxyl groups excluding tert-OH is 2. The molecule has 0 saturated carbocycles. The zero-order valence-corrected chi connectivity index (χ0v) is 20.0. The Hall–Kier alpha value is -2.51. The molecule has 1 atom stereocenters. The normalized spacial score (nSPS) is 12.3. The lowest BCUT2D eigenvalue weighted by atomic mass is 10.1. The summed E-state index contributed by atoms with van der Waals surface area (Å²) in [5.41, 5.74) is 3.34. The number of aliphatic hydroxyl groups is 2. The van der Waals surface area contributed by atoms with E-state index in [1.165, 1.54) is 11.5 Å². The summed E-state index contributed by atoms with van der Waals surface area (Å²) in [4.78, 5) is 4.72. The zero-order valence-electron chi connectivity index (χ0n) is 20.0. The highest BCUT2D eigenvalue weighted by Crippen LogP contribution is 2.22. The van der Waals surface area contributed by atoms with Gasteiger partial charge in [0.15, 0.2) is 0 Å². The van der Waals surface area contributed by atoms with E-state index in [9.17, 15) is 15.3 Å². The molecule has 0 amide bonds.